The Morgan fingerprint density at radius 1 is 1.08 bits per heavy atom. The van der Waals surface area contributed by atoms with Crippen molar-refractivity contribution >= 4 is 45.8 Å². The van der Waals surface area contributed by atoms with Gasteiger partial charge in [-0.25, -0.2) is 14.2 Å². The largest absolute Gasteiger partial charge is 0.480 e. The van der Waals surface area contributed by atoms with Crippen LogP contribution in [0.1, 0.15) is 50.6 Å². The molecule has 1 spiro atoms. The van der Waals surface area contributed by atoms with Crippen LogP contribution in [-0.4, -0.2) is 43.3 Å². The molecule has 0 radical (unpaired) electrons. The molecule has 2 aliphatic rings. The molecule has 1 saturated heterocycles. The molecule has 3 aromatic rings. The highest BCUT2D eigenvalue weighted by Crippen LogP contribution is 2.43. The lowest BCUT2D eigenvalue weighted by atomic mass is 9.85. The van der Waals surface area contributed by atoms with E-state index in [-0.39, 0.29) is 5.69 Å². The van der Waals surface area contributed by atoms with Crippen LogP contribution in [0.2, 0.25) is 10.0 Å². The molecule has 2 aliphatic heterocycles. The Balaban J connectivity index is 1.46. The van der Waals surface area contributed by atoms with Gasteiger partial charge in [0.05, 0.1) is 20.5 Å². The van der Waals surface area contributed by atoms with Crippen LogP contribution in [0.15, 0.2) is 46.9 Å². The predicted molar refractivity (Wildman–Crippen MR) is 153 cm³/mol. The van der Waals surface area contributed by atoms with Crippen LogP contribution in [0.3, 0.4) is 0 Å². The van der Waals surface area contributed by atoms with Crippen LogP contribution >= 0.6 is 23.2 Å². The smallest absolute Gasteiger partial charge is 0.226 e. The van der Waals surface area contributed by atoms with Gasteiger partial charge >= 0.3 is 0 Å². The summed E-state index contributed by atoms with van der Waals surface area (Å²) in [5.41, 5.74) is 3.03. The summed E-state index contributed by atoms with van der Waals surface area (Å²) in [5, 5.41) is 10.7. The van der Waals surface area contributed by atoms with E-state index in [4.69, 9.17) is 37.3 Å². The van der Waals surface area contributed by atoms with Gasteiger partial charge in [-0.15, -0.1) is 0 Å². The zero-order valence-corrected chi connectivity index (χ0v) is 23.9. The maximum absolute atomic E-state index is 13.0. The normalized spacial score (nSPS) is 18.2. The van der Waals surface area contributed by atoms with E-state index in [1.165, 1.54) is 0 Å². The summed E-state index contributed by atoms with van der Waals surface area (Å²) in [7, 11) is -1.43. The minimum Gasteiger partial charge on any atom is -0.480 e. The van der Waals surface area contributed by atoms with E-state index in [1.807, 2.05) is 62.9 Å². The molecule has 2 aromatic carbocycles. The molecule has 1 aromatic heterocycles. The summed E-state index contributed by atoms with van der Waals surface area (Å²) in [6.07, 6.45) is 1.21. The predicted octanol–water partition coefficient (Wildman–Crippen LogP) is 6.31. The van der Waals surface area contributed by atoms with Crippen LogP contribution in [0.4, 0.5) is 5.95 Å². The summed E-state index contributed by atoms with van der Waals surface area (Å²) < 4.78 is 23.8. The fourth-order valence-electron chi connectivity index (χ4n) is 4.81. The number of anilines is 1. The average molecular weight is 569 g/mol. The Kier molecular flexibility index (Phi) is 6.97. The molecule has 0 aliphatic carbocycles. The first-order chi connectivity index (χ1) is 18.0. The molecule has 1 atom stereocenters. The minimum absolute atomic E-state index is 0.240. The van der Waals surface area contributed by atoms with Crippen LogP contribution in [0, 0.1) is 18.3 Å². The zero-order chi connectivity index (χ0) is 27.2. The lowest BCUT2D eigenvalue weighted by Gasteiger charge is -2.39. The van der Waals surface area contributed by atoms with Crippen LogP contribution < -0.4 is 9.64 Å². The van der Waals surface area contributed by atoms with Gasteiger partial charge < -0.3 is 9.64 Å². The first-order valence-corrected chi connectivity index (χ1v) is 14.2. The number of piperidine rings is 1. The second-order valence-corrected chi connectivity index (χ2v) is 13.1. The topological polar surface area (TPSA) is 91.5 Å². The van der Waals surface area contributed by atoms with Crippen molar-refractivity contribution in [3.63, 3.8) is 0 Å². The third-order valence-electron chi connectivity index (χ3n) is 6.84. The van der Waals surface area contributed by atoms with Crippen molar-refractivity contribution in [2.75, 3.05) is 18.0 Å². The van der Waals surface area contributed by atoms with E-state index >= 15 is 0 Å². The summed E-state index contributed by atoms with van der Waals surface area (Å²) in [5.74, 6) is 1.23. The van der Waals surface area contributed by atoms with Gasteiger partial charge in [-0.1, -0.05) is 47.5 Å². The number of halogens is 2. The molecular formula is C28H27Cl2N5O2S. The van der Waals surface area contributed by atoms with Crippen molar-refractivity contribution in [3.8, 4) is 22.9 Å². The standard InChI is InChI=1S/C28H27Cl2N5O2S/c1-17-23(19-9-7-10-20(29)24(19)30)21(16-31)33-26(32-17)35-14-12-28(13-15-35)25(34-38(36)27(2,3)4)18-8-5-6-11-22(18)37-28/h5-11H,12-15H2,1-4H3/b34-25+. The quantitative estimate of drug-likeness (QED) is 0.368. The Labute approximate surface area is 235 Å². The summed E-state index contributed by atoms with van der Waals surface area (Å²) in [6.45, 7) is 8.74. The Morgan fingerprint density at radius 2 is 1.76 bits per heavy atom. The van der Waals surface area contributed by atoms with Gasteiger partial charge in [0, 0.05) is 42.6 Å². The van der Waals surface area contributed by atoms with Gasteiger partial charge in [0.25, 0.3) is 0 Å². The van der Waals surface area contributed by atoms with Gasteiger partial charge in [-0.3, -0.25) is 0 Å². The van der Waals surface area contributed by atoms with E-state index in [0.29, 0.717) is 58.7 Å². The fraction of sp³-hybridized carbons (Fsp3) is 0.357. The molecule has 196 valence electrons. The van der Waals surface area contributed by atoms with E-state index in [2.05, 4.69) is 11.1 Å². The molecule has 0 saturated carbocycles. The number of aromatic nitrogens is 2. The number of nitriles is 1. The van der Waals surface area contributed by atoms with Crippen molar-refractivity contribution in [2.24, 2.45) is 4.40 Å². The number of aryl methyl sites for hydroxylation is 1. The molecule has 1 fully saturated rings. The first kappa shape index (κ1) is 26.6. The van der Waals surface area contributed by atoms with Crippen molar-refractivity contribution in [2.45, 2.75) is 50.9 Å². The van der Waals surface area contributed by atoms with Gasteiger partial charge in [0.1, 0.15) is 28.5 Å². The molecule has 1 unspecified atom stereocenters. The van der Waals surface area contributed by atoms with Crippen molar-refractivity contribution in [1.29, 1.82) is 5.26 Å². The maximum atomic E-state index is 13.0. The van der Waals surface area contributed by atoms with Crippen LogP contribution in [-0.2, 0) is 11.0 Å². The molecule has 3 heterocycles. The second kappa shape index (κ2) is 9.96. The van der Waals surface area contributed by atoms with Crippen LogP contribution in [0.25, 0.3) is 11.1 Å². The van der Waals surface area contributed by atoms with E-state index in [1.54, 1.807) is 12.1 Å². The number of hydrogen-bond donors (Lipinski definition) is 0. The van der Waals surface area contributed by atoms with E-state index < -0.39 is 21.3 Å². The number of benzene rings is 2. The van der Waals surface area contributed by atoms with Crippen molar-refractivity contribution < 1.29 is 8.95 Å². The highest BCUT2D eigenvalue weighted by atomic mass is 35.5. The van der Waals surface area contributed by atoms with Gasteiger partial charge in [-0.2, -0.15) is 9.66 Å². The Morgan fingerprint density at radius 3 is 2.45 bits per heavy atom. The number of fused-ring (bicyclic) bond motifs is 1. The van der Waals surface area contributed by atoms with Gasteiger partial charge in [-0.05, 0) is 45.9 Å². The molecule has 0 N–H and O–H groups in total. The number of hydrogen-bond acceptors (Lipinski definition) is 6. The molecule has 0 bridgehead atoms. The summed E-state index contributed by atoms with van der Waals surface area (Å²) in [4.78, 5) is 11.4. The molecule has 0 amide bonds. The first-order valence-electron chi connectivity index (χ1n) is 12.3. The van der Waals surface area contributed by atoms with Gasteiger partial charge in [0.15, 0.2) is 11.3 Å². The highest BCUT2D eigenvalue weighted by molar-refractivity contribution is 7.85. The molecule has 38 heavy (non-hydrogen) atoms. The zero-order valence-electron chi connectivity index (χ0n) is 21.6. The van der Waals surface area contributed by atoms with Crippen molar-refractivity contribution in [3.05, 3.63) is 69.5 Å². The third-order valence-corrected chi connectivity index (χ3v) is 9.05. The summed E-state index contributed by atoms with van der Waals surface area (Å²) in [6, 6.07) is 15.3. The number of ether oxygens (including phenoxy) is 1. The fourth-order valence-corrected chi connectivity index (χ4v) is 5.91. The molecular weight excluding hydrogens is 541 g/mol. The highest BCUT2D eigenvalue weighted by Gasteiger charge is 2.48. The molecule has 7 nitrogen and oxygen atoms in total. The Hall–Kier alpha value is -2.99. The van der Waals surface area contributed by atoms with Gasteiger partial charge in [0.2, 0.25) is 5.95 Å². The number of para-hydroxylation sites is 1. The minimum atomic E-state index is -1.43. The van der Waals surface area contributed by atoms with Crippen LogP contribution in [0.5, 0.6) is 5.75 Å². The molecule has 5 rings (SSSR count). The molecule has 10 heteroatoms. The lowest BCUT2D eigenvalue weighted by molar-refractivity contribution is 0.124. The number of rotatable bonds is 3. The SMILES string of the molecule is Cc1nc(N2CCC3(CC2)Oc2ccccc2/C3=N\S(=O)C(C)(C)C)nc(C#N)c1-c1cccc(Cl)c1Cl. The Bertz CT molecular complexity index is 1520. The maximum Gasteiger partial charge on any atom is 0.226 e. The third kappa shape index (κ3) is 4.68. The second-order valence-electron chi connectivity index (χ2n) is 10.4. The van der Waals surface area contributed by atoms with E-state index in [0.717, 1.165) is 17.0 Å². The number of nitrogens with zero attached hydrogens (tertiary/aromatic N) is 5. The summed E-state index contributed by atoms with van der Waals surface area (Å²) >= 11 is 12.7. The van der Waals surface area contributed by atoms with Crippen molar-refractivity contribution in [1.82, 2.24) is 9.97 Å². The average Bonchev–Trinajstić information content (AvgIpc) is 3.17. The van der Waals surface area contributed by atoms with E-state index in [9.17, 15) is 9.47 Å². The lowest BCUT2D eigenvalue weighted by Crippen LogP contribution is -2.51. The monoisotopic (exact) mass is 567 g/mol.